The molecule has 0 saturated carbocycles. The molecule has 2 N–H and O–H groups in total. The quantitative estimate of drug-likeness (QED) is 0.565. The largest absolute Gasteiger partial charge is 0.378 e. The molecule has 6 nitrogen and oxygen atoms in total. The number of amides is 3. The first-order chi connectivity index (χ1) is 16.2. The van der Waals surface area contributed by atoms with E-state index in [1.807, 2.05) is 36.4 Å². The number of carbonyl (C=O) groups is 2. The molecule has 4 rings (SSSR count). The first kappa shape index (κ1) is 22.6. The summed E-state index contributed by atoms with van der Waals surface area (Å²) in [6.07, 6.45) is 0.799. The maximum Gasteiger partial charge on any atom is 0.321 e. The maximum atomic E-state index is 12.7. The van der Waals surface area contributed by atoms with Gasteiger partial charge in [0, 0.05) is 36.8 Å². The molecule has 0 unspecified atom stereocenters. The molecule has 0 spiro atoms. The summed E-state index contributed by atoms with van der Waals surface area (Å²) in [4.78, 5) is 26.7. The Kier molecular flexibility index (Phi) is 7.72. The molecule has 3 amide bonds. The Bertz CT molecular complexity index is 994. The number of hydrogen-bond donors (Lipinski definition) is 2. The summed E-state index contributed by atoms with van der Waals surface area (Å²) < 4.78 is 5.27. The molecular formula is C27H29N3O3. The maximum absolute atomic E-state index is 12.7. The van der Waals surface area contributed by atoms with E-state index >= 15 is 0 Å². The van der Waals surface area contributed by atoms with Crippen molar-refractivity contribution in [1.29, 1.82) is 0 Å². The van der Waals surface area contributed by atoms with Crippen LogP contribution in [-0.4, -0.2) is 49.7 Å². The molecular weight excluding hydrogens is 414 g/mol. The average Bonchev–Trinajstić information content (AvgIpc) is 2.88. The minimum Gasteiger partial charge on any atom is -0.378 e. The summed E-state index contributed by atoms with van der Waals surface area (Å²) in [5, 5.41) is 5.90. The van der Waals surface area contributed by atoms with E-state index in [1.165, 1.54) is 11.1 Å². The fourth-order valence-corrected chi connectivity index (χ4v) is 4.00. The van der Waals surface area contributed by atoms with Crippen molar-refractivity contribution >= 4 is 17.6 Å². The first-order valence-corrected chi connectivity index (χ1v) is 11.3. The molecule has 170 valence electrons. The number of nitrogens with zero attached hydrogens (tertiary/aromatic N) is 1. The summed E-state index contributed by atoms with van der Waals surface area (Å²) in [5.74, 6) is 0.0893. The van der Waals surface area contributed by atoms with E-state index < -0.39 is 0 Å². The van der Waals surface area contributed by atoms with Crippen LogP contribution in [0.2, 0.25) is 0 Å². The van der Waals surface area contributed by atoms with Gasteiger partial charge in [0.25, 0.3) is 5.91 Å². The van der Waals surface area contributed by atoms with Crippen molar-refractivity contribution in [3.05, 3.63) is 102 Å². The number of hydrogen-bond acceptors (Lipinski definition) is 3. The lowest BCUT2D eigenvalue weighted by Crippen LogP contribution is -2.43. The molecule has 0 radical (unpaired) electrons. The van der Waals surface area contributed by atoms with Crippen molar-refractivity contribution in [2.24, 2.45) is 0 Å². The van der Waals surface area contributed by atoms with Gasteiger partial charge in [-0.2, -0.15) is 0 Å². The van der Waals surface area contributed by atoms with Crippen molar-refractivity contribution in [3.63, 3.8) is 0 Å². The monoisotopic (exact) mass is 443 g/mol. The number of ether oxygens (including phenoxy) is 1. The molecule has 6 heteroatoms. The molecule has 33 heavy (non-hydrogen) atoms. The predicted octanol–water partition coefficient (Wildman–Crippen LogP) is 4.50. The van der Waals surface area contributed by atoms with Gasteiger partial charge in [0.2, 0.25) is 0 Å². The van der Waals surface area contributed by atoms with Crippen molar-refractivity contribution in [1.82, 2.24) is 10.2 Å². The van der Waals surface area contributed by atoms with Gasteiger partial charge in [-0.1, -0.05) is 60.7 Å². The van der Waals surface area contributed by atoms with Gasteiger partial charge in [0.15, 0.2) is 0 Å². The number of morpholine rings is 1. The summed E-state index contributed by atoms with van der Waals surface area (Å²) in [7, 11) is 0. The molecule has 3 aromatic rings. The van der Waals surface area contributed by atoms with Crippen LogP contribution in [0.3, 0.4) is 0 Å². The highest BCUT2D eigenvalue weighted by Crippen LogP contribution is 2.27. The molecule has 0 aromatic heterocycles. The van der Waals surface area contributed by atoms with E-state index in [2.05, 4.69) is 34.9 Å². The van der Waals surface area contributed by atoms with Gasteiger partial charge >= 0.3 is 6.03 Å². The number of urea groups is 1. The van der Waals surface area contributed by atoms with Crippen LogP contribution in [0.15, 0.2) is 84.9 Å². The third kappa shape index (κ3) is 6.20. The second-order valence-corrected chi connectivity index (χ2v) is 8.03. The zero-order valence-corrected chi connectivity index (χ0v) is 18.6. The molecule has 0 atom stereocenters. The summed E-state index contributed by atoms with van der Waals surface area (Å²) in [5.41, 5.74) is 3.70. The molecule has 0 aliphatic carbocycles. The van der Waals surface area contributed by atoms with Gasteiger partial charge in [-0.05, 0) is 41.8 Å². The third-order valence-electron chi connectivity index (χ3n) is 5.82. The Labute approximate surface area is 194 Å². The van der Waals surface area contributed by atoms with Crippen LogP contribution in [0, 0.1) is 0 Å². The molecule has 3 aromatic carbocycles. The van der Waals surface area contributed by atoms with E-state index in [1.54, 1.807) is 29.2 Å². The van der Waals surface area contributed by atoms with Crippen molar-refractivity contribution in [2.45, 2.75) is 12.3 Å². The van der Waals surface area contributed by atoms with Gasteiger partial charge in [0.1, 0.15) is 0 Å². The second kappa shape index (κ2) is 11.3. The van der Waals surface area contributed by atoms with Crippen LogP contribution in [0.4, 0.5) is 10.5 Å². The zero-order valence-electron chi connectivity index (χ0n) is 18.6. The summed E-state index contributed by atoms with van der Waals surface area (Å²) in [6.45, 7) is 2.84. The van der Waals surface area contributed by atoms with Crippen LogP contribution in [0.1, 0.15) is 33.8 Å². The molecule has 1 fully saturated rings. The van der Waals surface area contributed by atoms with E-state index in [0.717, 1.165) is 6.42 Å². The van der Waals surface area contributed by atoms with Crippen LogP contribution in [0.5, 0.6) is 0 Å². The summed E-state index contributed by atoms with van der Waals surface area (Å²) >= 11 is 0. The van der Waals surface area contributed by atoms with Crippen molar-refractivity contribution in [3.8, 4) is 0 Å². The van der Waals surface area contributed by atoms with Crippen LogP contribution in [-0.2, 0) is 4.74 Å². The number of benzene rings is 3. The Morgan fingerprint density at radius 1 is 0.818 bits per heavy atom. The highest BCUT2D eigenvalue weighted by Gasteiger charge is 2.17. The number of nitrogens with one attached hydrogen (secondary N) is 2. The van der Waals surface area contributed by atoms with Crippen LogP contribution in [0.25, 0.3) is 0 Å². The Hall–Kier alpha value is -3.64. The van der Waals surface area contributed by atoms with Crippen LogP contribution < -0.4 is 10.6 Å². The SMILES string of the molecule is O=C(NCCC(c1ccccc1)c1ccccc1)c1ccc(NC(=O)N2CCOCC2)cc1. The topological polar surface area (TPSA) is 70.7 Å². The van der Waals surface area contributed by atoms with E-state index in [9.17, 15) is 9.59 Å². The molecule has 1 aliphatic rings. The van der Waals surface area contributed by atoms with Crippen molar-refractivity contribution in [2.75, 3.05) is 38.2 Å². The zero-order chi connectivity index (χ0) is 22.9. The average molecular weight is 444 g/mol. The van der Waals surface area contributed by atoms with E-state index in [0.29, 0.717) is 44.1 Å². The fraction of sp³-hybridized carbons (Fsp3) is 0.259. The lowest BCUT2D eigenvalue weighted by atomic mass is 9.88. The highest BCUT2D eigenvalue weighted by molar-refractivity contribution is 5.95. The predicted molar refractivity (Wildman–Crippen MR) is 130 cm³/mol. The Morgan fingerprint density at radius 3 is 1.97 bits per heavy atom. The minimum atomic E-state index is -0.150. The molecule has 1 heterocycles. The van der Waals surface area contributed by atoms with Crippen molar-refractivity contribution < 1.29 is 14.3 Å². The van der Waals surface area contributed by atoms with E-state index in [-0.39, 0.29) is 17.9 Å². The number of rotatable bonds is 7. The van der Waals surface area contributed by atoms with Gasteiger partial charge in [-0.25, -0.2) is 4.79 Å². The van der Waals surface area contributed by atoms with Gasteiger partial charge < -0.3 is 20.3 Å². The lowest BCUT2D eigenvalue weighted by Gasteiger charge is -2.26. The van der Waals surface area contributed by atoms with Crippen LogP contribution >= 0.6 is 0 Å². The number of anilines is 1. The summed E-state index contributed by atoms with van der Waals surface area (Å²) in [6, 6.07) is 27.5. The molecule has 1 aliphatic heterocycles. The van der Waals surface area contributed by atoms with Gasteiger partial charge in [-0.3, -0.25) is 4.79 Å². The smallest absolute Gasteiger partial charge is 0.321 e. The molecule has 0 bridgehead atoms. The van der Waals surface area contributed by atoms with Gasteiger partial charge in [-0.15, -0.1) is 0 Å². The third-order valence-corrected chi connectivity index (χ3v) is 5.82. The lowest BCUT2D eigenvalue weighted by molar-refractivity contribution is 0.0564. The Morgan fingerprint density at radius 2 is 1.39 bits per heavy atom. The first-order valence-electron chi connectivity index (χ1n) is 11.3. The standard InChI is InChI=1S/C27H29N3O3/c31-26(23-11-13-24(14-12-23)29-27(32)30-17-19-33-20-18-30)28-16-15-25(21-7-3-1-4-8-21)22-9-5-2-6-10-22/h1-14,25H,15-20H2,(H,28,31)(H,29,32). The fourth-order valence-electron chi connectivity index (χ4n) is 4.00. The second-order valence-electron chi connectivity index (χ2n) is 8.03. The van der Waals surface area contributed by atoms with Gasteiger partial charge in [0.05, 0.1) is 13.2 Å². The van der Waals surface area contributed by atoms with E-state index in [4.69, 9.17) is 4.74 Å². The molecule has 1 saturated heterocycles. The highest BCUT2D eigenvalue weighted by atomic mass is 16.5. The Balaban J connectivity index is 1.32. The normalized spacial score (nSPS) is 13.5. The minimum absolute atomic E-state index is 0.124. The number of carbonyl (C=O) groups excluding carboxylic acids is 2.